The van der Waals surface area contributed by atoms with Gasteiger partial charge < -0.3 is 4.74 Å². The molecule has 0 aromatic heterocycles. The first-order valence-corrected chi connectivity index (χ1v) is 6.41. The van der Waals surface area contributed by atoms with Crippen LogP contribution in [0.15, 0.2) is 29.7 Å². The van der Waals surface area contributed by atoms with Crippen LogP contribution in [0.5, 0.6) is 0 Å². The standard InChI is InChI=1S/C13H12F3NOS/c1-3-18-9(2)10-4-5-11(7-17)12(6-10)19-8-13(14,15)16/h4-6H,2-3,8H2,1H3. The Morgan fingerprint density at radius 1 is 1.47 bits per heavy atom. The van der Waals surface area contributed by atoms with Crippen LogP contribution < -0.4 is 0 Å². The lowest BCUT2D eigenvalue weighted by atomic mass is 10.1. The van der Waals surface area contributed by atoms with Crippen molar-refractivity contribution in [1.82, 2.24) is 0 Å². The highest BCUT2D eigenvalue weighted by atomic mass is 32.2. The molecule has 2 nitrogen and oxygen atoms in total. The van der Waals surface area contributed by atoms with Crippen LogP contribution in [-0.4, -0.2) is 18.5 Å². The van der Waals surface area contributed by atoms with Crippen molar-refractivity contribution in [2.24, 2.45) is 0 Å². The topological polar surface area (TPSA) is 33.0 Å². The smallest absolute Gasteiger partial charge is 0.398 e. The molecule has 0 bridgehead atoms. The Morgan fingerprint density at radius 3 is 2.68 bits per heavy atom. The van der Waals surface area contributed by atoms with Gasteiger partial charge in [0.1, 0.15) is 11.8 Å². The molecule has 0 spiro atoms. The molecule has 0 saturated carbocycles. The first kappa shape index (κ1) is 15.4. The highest BCUT2D eigenvalue weighted by molar-refractivity contribution is 7.99. The molecule has 1 rings (SSSR count). The summed E-state index contributed by atoms with van der Waals surface area (Å²) in [5, 5.41) is 8.88. The molecule has 0 aliphatic heterocycles. The van der Waals surface area contributed by atoms with Gasteiger partial charge in [-0.05, 0) is 25.1 Å². The second-order valence-electron chi connectivity index (χ2n) is 3.58. The number of nitrogens with zero attached hydrogens (tertiary/aromatic N) is 1. The third-order valence-electron chi connectivity index (χ3n) is 2.13. The second kappa shape index (κ2) is 6.53. The molecule has 0 atom stereocenters. The van der Waals surface area contributed by atoms with E-state index in [1.165, 1.54) is 12.1 Å². The molecule has 0 aliphatic rings. The van der Waals surface area contributed by atoms with Gasteiger partial charge in [0.25, 0.3) is 0 Å². The minimum absolute atomic E-state index is 0.210. The predicted molar refractivity (Wildman–Crippen MR) is 68.6 cm³/mol. The number of rotatable bonds is 5. The zero-order chi connectivity index (χ0) is 14.5. The van der Waals surface area contributed by atoms with Gasteiger partial charge in [0.2, 0.25) is 0 Å². The van der Waals surface area contributed by atoms with Gasteiger partial charge >= 0.3 is 6.18 Å². The average Bonchev–Trinajstić information content (AvgIpc) is 2.35. The summed E-state index contributed by atoms with van der Waals surface area (Å²) in [6, 6.07) is 6.44. The lowest BCUT2D eigenvalue weighted by molar-refractivity contribution is -0.105. The van der Waals surface area contributed by atoms with Gasteiger partial charge in [0, 0.05) is 10.5 Å². The van der Waals surface area contributed by atoms with E-state index in [4.69, 9.17) is 10.00 Å². The molecular weight excluding hydrogens is 275 g/mol. The summed E-state index contributed by atoms with van der Waals surface area (Å²) in [4.78, 5) is 0.276. The summed E-state index contributed by atoms with van der Waals surface area (Å²) in [6.07, 6.45) is -4.27. The van der Waals surface area contributed by atoms with Crippen LogP contribution in [-0.2, 0) is 4.74 Å². The number of halogens is 3. The lowest BCUT2D eigenvalue weighted by Gasteiger charge is -2.11. The van der Waals surface area contributed by atoms with E-state index in [1.807, 2.05) is 6.07 Å². The number of thioether (sulfide) groups is 1. The first-order chi connectivity index (χ1) is 8.87. The van der Waals surface area contributed by atoms with Crippen LogP contribution in [0.1, 0.15) is 18.1 Å². The van der Waals surface area contributed by atoms with E-state index < -0.39 is 11.9 Å². The van der Waals surface area contributed by atoms with E-state index in [0.29, 0.717) is 29.7 Å². The molecule has 0 aliphatic carbocycles. The van der Waals surface area contributed by atoms with Gasteiger partial charge in [-0.2, -0.15) is 18.4 Å². The molecule has 0 fully saturated rings. The average molecular weight is 287 g/mol. The zero-order valence-corrected chi connectivity index (χ0v) is 11.1. The van der Waals surface area contributed by atoms with E-state index >= 15 is 0 Å². The summed E-state index contributed by atoms with van der Waals surface area (Å²) in [6.45, 7) is 5.89. The number of ether oxygens (including phenoxy) is 1. The Morgan fingerprint density at radius 2 is 2.16 bits per heavy atom. The van der Waals surface area contributed by atoms with Crippen molar-refractivity contribution in [3.63, 3.8) is 0 Å². The molecular formula is C13H12F3NOS. The Balaban J connectivity index is 2.97. The van der Waals surface area contributed by atoms with E-state index in [-0.39, 0.29) is 10.5 Å². The maximum atomic E-state index is 12.2. The van der Waals surface area contributed by atoms with Crippen LogP contribution in [0.3, 0.4) is 0 Å². The van der Waals surface area contributed by atoms with Crippen LogP contribution in [0, 0.1) is 11.3 Å². The zero-order valence-electron chi connectivity index (χ0n) is 10.3. The fourth-order valence-corrected chi connectivity index (χ4v) is 2.12. The normalized spacial score (nSPS) is 10.9. The Kier molecular flexibility index (Phi) is 5.31. The minimum Gasteiger partial charge on any atom is -0.494 e. The monoisotopic (exact) mass is 287 g/mol. The van der Waals surface area contributed by atoms with Crippen molar-refractivity contribution >= 4 is 17.5 Å². The summed E-state index contributed by atoms with van der Waals surface area (Å²) in [5.74, 6) is -0.660. The summed E-state index contributed by atoms with van der Waals surface area (Å²) < 4.78 is 41.8. The number of hydrogen-bond acceptors (Lipinski definition) is 3. The fraction of sp³-hybridized carbons (Fsp3) is 0.308. The van der Waals surface area contributed by atoms with Gasteiger partial charge in [-0.15, -0.1) is 11.8 Å². The Hall–Kier alpha value is -1.61. The number of alkyl halides is 3. The maximum absolute atomic E-state index is 12.2. The Labute approximate surface area is 113 Å². The van der Waals surface area contributed by atoms with Crippen molar-refractivity contribution in [3.8, 4) is 6.07 Å². The summed E-state index contributed by atoms with van der Waals surface area (Å²) >= 11 is 0.584. The number of nitriles is 1. The van der Waals surface area contributed by atoms with E-state index in [9.17, 15) is 13.2 Å². The van der Waals surface area contributed by atoms with E-state index in [1.54, 1.807) is 13.0 Å². The molecule has 0 radical (unpaired) electrons. The largest absolute Gasteiger partial charge is 0.494 e. The van der Waals surface area contributed by atoms with Gasteiger partial charge in [-0.25, -0.2) is 0 Å². The molecule has 6 heteroatoms. The van der Waals surface area contributed by atoms with Crippen molar-refractivity contribution in [2.75, 3.05) is 12.4 Å². The van der Waals surface area contributed by atoms with Crippen molar-refractivity contribution in [3.05, 3.63) is 35.9 Å². The van der Waals surface area contributed by atoms with Crippen LogP contribution in [0.25, 0.3) is 5.76 Å². The number of benzene rings is 1. The van der Waals surface area contributed by atoms with Crippen LogP contribution in [0.2, 0.25) is 0 Å². The van der Waals surface area contributed by atoms with Crippen molar-refractivity contribution in [2.45, 2.75) is 18.0 Å². The quantitative estimate of drug-likeness (QED) is 0.600. The van der Waals surface area contributed by atoms with Gasteiger partial charge in [0.15, 0.2) is 0 Å². The minimum atomic E-state index is -4.27. The van der Waals surface area contributed by atoms with Gasteiger partial charge in [0.05, 0.1) is 17.9 Å². The highest BCUT2D eigenvalue weighted by Crippen LogP contribution is 2.31. The third kappa shape index (κ3) is 4.87. The third-order valence-corrected chi connectivity index (χ3v) is 3.25. The molecule has 102 valence electrons. The Bertz CT molecular complexity index is 506. The molecule has 0 heterocycles. The lowest BCUT2D eigenvalue weighted by Crippen LogP contribution is -2.10. The summed E-state index contributed by atoms with van der Waals surface area (Å²) in [5.41, 5.74) is 0.785. The highest BCUT2D eigenvalue weighted by Gasteiger charge is 2.27. The van der Waals surface area contributed by atoms with Crippen LogP contribution in [0.4, 0.5) is 13.2 Å². The molecule has 0 saturated heterocycles. The van der Waals surface area contributed by atoms with E-state index in [0.717, 1.165) is 0 Å². The molecule has 0 amide bonds. The van der Waals surface area contributed by atoms with Crippen molar-refractivity contribution in [1.29, 1.82) is 5.26 Å². The molecule has 0 N–H and O–H groups in total. The van der Waals surface area contributed by atoms with Crippen molar-refractivity contribution < 1.29 is 17.9 Å². The SMILES string of the molecule is C=C(OCC)c1ccc(C#N)c(SCC(F)(F)F)c1. The maximum Gasteiger partial charge on any atom is 0.398 e. The van der Waals surface area contributed by atoms with Gasteiger partial charge in [-0.1, -0.05) is 6.58 Å². The molecule has 1 aromatic carbocycles. The molecule has 19 heavy (non-hydrogen) atoms. The first-order valence-electron chi connectivity index (χ1n) is 5.43. The van der Waals surface area contributed by atoms with E-state index in [2.05, 4.69) is 6.58 Å². The molecule has 0 unspecified atom stereocenters. The second-order valence-corrected chi connectivity index (χ2v) is 4.60. The number of hydrogen-bond donors (Lipinski definition) is 0. The summed E-state index contributed by atoms with van der Waals surface area (Å²) in [7, 11) is 0. The fourth-order valence-electron chi connectivity index (χ4n) is 1.32. The van der Waals surface area contributed by atoms with Gasteiger partial charge in [-0.3, -0.25) is 0 Å². The predicted octanol–water partition coefficient (Wildman–Crippen LogP) is 4.22. The molecule has 1 aromatic rings. The van der Waals surface area contributed by atoms with Crippen LogP contribution >= 0.6 is 11.8 Å².